The fraction of sp³-hybridized carbons (Fsp3) is 0.304. The number of carbonyl (C=O) groups excluding carboxylic acids is 3. The van der Waals surface area contributed by atoms with E-state index < -0.39 is 11.9 Å². The second-order valence-corrected chi connectivity index (χ2v) is 8.11. The third-order valence-corrected chi connectivity index (χ3v) is 6.42. The van der Waals surface area contributed by atoms with Crippen molar-refractivity contribution in [3.63, 3.8) is 0 Å². The van der Waals surface area contributed by atoms with Gasteiger partial charge in [-0.05, 0) is 36.0 Å². The molecule has 0 spiro atoms. The molecule has 2 heterocycles. The van der Waals surface area contributed by atoms with Gasteiger partial charge in [0, 0.05) is 12.6 Å². The Labute approximate surface area is 173 Å². The molecule has 2 aliphatic carbocycles. The average molecular weight is 403 g/mol. The molecule has 1 aromatic heterocycles. The Morgan fingerprint density at radius 3 is 2.37 bits per heavy atom. The van der Waals surface area contributed by atoms with Gasteiger partial charge in [0.25, 0.3) is 0 Å². The first-order chi connectivity index (χ1) is 14.5. The van der Waals surface area contributed by atoms with Crippen LogP contribution >= 0.6 is 0 Å². The summed E-state index contributed by atoms with van der Waals surface area (Å²) in [6.07, 6.45) is 6.52. The van der Waals surface area contributed by atoms with Crippen LogP contribution in [0.2, 0.25) is 0 Å². The Balaban J connectivity index is 1.47. The van der Waals surface area contributed by atoms with Crippen molar-refractivity contribution in [3.8, 4) is 5.75 Å². The number of nitrogens with zero attached hydrogens (tertiary/aromatic N) is 2. The van der Waals surface area contributed by atoms with Crippen LogP contribution in [0.1, 0.15) is 12.0 Å². The number of benzene rings is 1. The van der Waals surface area contributed by atoms with Crippen LogP contribution in [0.4, 0.5) is 5.82 Å². The maximum Gasteiger partial charge on any atom is 0.249 e. The monoisotopic (exact) mass is 403 g/mol. The number of carbonyl (C=O) groups is 3. The van der Waals surface area contributed by atoms with Gasteiger partial charge in [0.1, 0.15) is 6.04 Å². The lowest BCUT2D eigenvalue weighted by Crippen LogP contribution is -2.49. The lowest BCUT2D eigenvalue weighted by atomic mass is 9.85. The summed E-state index contributed by atoms with van der Waals surface area (Å²) < 4.78 is 0. The van der Waals surface area contributed by atoms with Crippen molar-refractivity contribution < 1.29 is 19.5 Å². The minimum absolute atomic E-state index is 0.00147. The number of imide groups is 1. The van der Waals surface area contributed by atoms with Crippen LogP contribution in [0.3, 0.4) is 0 Å². The van der Waals surface area contributed by atoms with Gasteiger partial charge in [-0.15, -0.1) is 0 Å². The molecule has 5 rings (SSSR count). The number of hydrogen-bond donors (Lipinski definition) is 2. The van der Waals surface area contributed by atoms with Crippen LogP contribution in [0, 0.1) is 23.7 Å². The minimum Gasteiger partial charge on any atom is -0.504 e. The molecule has 1 aliphatic heterocycles. The van der Waals surface area contributed by atoms with Crippen LogP contribution in [0.15, 0.2) is 60.8 Å². The van der Waals surface area contributed by atoms with Crippen molar-refractivity contribution in [1.82, 2.24) is 9.88 Å². The first-order valence-corrected chi connectivity index (χ1v) is 10.1. The second kappa shape index (κ2) is 7.09. The highest BCUT2D eigenvalue weighted by Gasteiger charge is 2.61. The summed E-state index contributed by atoms with van der Waals surface area (Å²) in [4.78, 5) is 44.9. The van der Waals surface area contributed by atoms with Crippen LogP contribution in [-0.4, -0.2) is 38.8 Å². The first kappa shape index (κ1) is 18.5. The van der Waals surface area contributed by atoms with E-state index in [1.54, 1.807) is 6.07 Å². The lowest BCUT2D eigenvalue weighted by molar-refractivity contribution is -0.147. The molecule has 30 heavy (non-hydrogen) atoms. The van der Waals surface area contributed by atoms with Crippen molar-refractivity contribution in [2.75, 3.05) is 5.32 Å². The molecule has 7 heteroatoms. The molecule has 2 N–H and O–H groups in total. The van der Waals surface area contributed by atoms with Gasteiger partial charge in [-0.2, -0.15) is 0 Å². The first-order valence-electron chi connectivity index (χ1n) is 10.1. The molecule has 2 bridgehead atoms. The van der Waals surface area contributed by atoms with E-state index in [2.05, 4.69) is 10.3 Å². The molecule has 1 saturated heterocycles. The zero-order valence-corrected chi connectivity index (χ0v) is 16.1. The number of fused-ring (bicyclic) bond motifs is 5. The Morgan fingerprint density at radius 2 is 1.73 bits per heavy atom. The van der Waals surface area contributed by atoms with Crippen LogP contribution in [0.5, 0.6) is 5.75 Å². The zero-order chi connectivity index (χ0) is 20.8. The second-order valence-electron chi connectivity index (χ2n) is 8.11. The molecular formula is C23H21N3O4. The van der Waals surface area contributed by atoms with Gasteiger partial charge in [-0.25, -0.2) is 4.98 Å². The van der Waals surface area contributed by atoms with Gasteiger partial charge < -0.3 is 10.4 Å². The van der Waals surface area contributed by atoms with Crippen molar-refractivity contribution in [3.05, 3.63) is 66.4 Å². The van der Waals surface area contributed by atoms with E-state index in [1.807, 2.05) is 42.5 Å². The van der Waals surface area contributed by atoms with Gasteiger partial charge in [0.2, 0.25) is 17.7 Å². The van der Waals surface area contributed by atoms with E-state index in [1.165, 1.54) is 12.3 Å². The normalized spacial score (nSPS) is 27.4. The standard InChI is InChI=1S/C23H21N3O4/c27-17-7-4-10-24-20(17)25-21(28)16(11-13-5-2-1-3-6-13)26-22(29)18-14-8-9-15(12-14)19(18)23(26)30/h1-10,14-16,18-19,27H,11-12H2,(H,24,25,28)/t14-,15-,16-,18+,19+/m0/s1. The van der Waals surface area contributed by atoms with Gasteiger partial charge in [-0.3, -0.25) is 19.3 Å². The molecule has 3 aliphatic rings. The number of nitrogens with one attached hydrogen (secondary N) is 1. The molecule has 1 saturated carbocycles. The summed E-state index contributed by atoms with van der Waals surface area (Å²) >= 11 is 0. The number of likely N-dealkylation sites (tertiary alicyclic amines) is 1. The van der Waals surface area contributed by atoms with Crippen molar-refractivity contribution in [2.45, 2.75) is 18.9 Å². The summed E-state index contributed by atoms with van der Waals surface area (Å²) in [5, 5.41) is 12.6. The molecule has 2 fully saturated rings. The number of pyridine rings is 1. The number of aromatic hydroxyl groups is 1. The predicted octanol–water partition coefficient (Wildman–Crippen LogP) is 2.14. The van der Waals surface area contributed by atoms with Gasteiger partial charge in [0.05, 0.1) is 11.8 Å². The Morgan fingerprint density at radius 1 is 1.07 bits per heavy atom. The molecular weight excluding hydrogens is 382 g/mol. The smallest absolute Gasteiger partial charge is 0.249 e. The summed E-state index contributed by atoms with van der Waals surface area (Å²) in [5.41, 5.74) is 0.835. The van der Waals surface area contributed by atoms with E-state index in [-0.39, 0.29) is 53.5 Å². The van der Waals surface area contributed by atoms with Gasteiger partial charge in [0.15, 0.2) is 11.6 Å². The van der Waals surface area contributed by atoms with Crippen LogP contribution in [0.25, 0.3) is 0 Å². The third-order valence-electron chi connectivity index (χ3n) is 6.42. The number of hydrogen-bond acceptors (Lipinski definition) is 5. The van der Waals surface area contributed by atoms with Crippen molar-refractivity contribution in [2.24, 2.45) is 23.7 Å². The maximum absolute atomic E-state index is 13.3. The highest BCUT2D eigenvalue weighted by atomic mass is 16.3. The summed E-state index contributed by atoms with van der Waals surface area (Å²) in [7, 11) is 0. The lowest BCUT2D eigenvalue weighted by Gasteiger charge is -2.27. The van der Waals surface area contributed by atoms with E-state index >= 15 is 0 Å². The Bertz CT molecular complexity index is 1020. The topological polar surface area (TPSA) is 99.6 Å². The van der Waals surface area contributed by atoms with Crippen molar-refractivity contribution >= 4 is 23.5 Å². The quantitative estimate of drug-likeness (QED) is 0.589. The third kappa shape index (κ3) is 2.89. The van der Waals surface area contributed by atoms with Gasteiger partial charge >= 0.3 is 0 Å². The summed E-state index contributed by atoms with van der Waals surface area (Å²) in [6, 6.07) is 11.2. The van der Waals surface area contributed by atoms with E-state index in [0.717, 1.165) is 16.9 Å². The Kier molecular flexibility index (Phi) is 4.38. The largest absolute Gasteiger partial charge is 0.504 e. The zero-order valence-electron chi connectivity index (χ0n) is 16.1. The van der Waals surface area contributed by atoms with Gasteiger partial charge in [-0.1, -0.05) is 42.5 Å². The molecule has 3 amide bonds. The predicted molar refractivity (Wildman–Crippen MR) is 108 cm³/mol. The minimum atomic E-state index is -1.01. The molecule has 2 aromatic rings. The summed E-state index contributed by atoms with van der Waals surface area (Å²) in [6.45, 7) is 0. The number of anilines is 1. The molecule has 0 unspecified atom stereocenters. The van der Waals surface area contributed by atoms with E-state index in [0.29, 0.717) is 0 Å². The van der Waals surface area contributed by atoms with Crippen LogP contribution in [-0.2, 0) is 20.8 Å². The molecule has 1 aromatic carbocycles. The SMILES string of the molecule is O=C(Nc1ncccc1O)[C@H](Cc1ccccc1)N1C(=O)[C@H]2[C@H](C1=O)[C@H]1C=C[C@H]2C1. The molecule has 152 valence electrons. The number of rotatable bonds is 5. The average Bonchev–Trinajstić information content (AvgIpc) is 3.43. The molecule has 7 nitrogen and oxygen atoms in total. The molecule has 0 radical (unpaired) electrons. The highest BCUT2D eigenvalue weighted by molar-refractivity contribution is 6.11. The van der Waals surface area contributed by atoms with E-state index in [4.69, 9.17) is 0 Å². The van der Waals surface area contributed by atoms with Crippen LogP contribution < -0.4 is 5.32 Å². The number of allylic oxidation sites excluding steroid dienone is 2. The van der Waals surface area contributed by atoms with Crippen molar-refractivity contribution in [1.29, 1.82) is 0 Å². The number of aromatic nitrogens is 1. The maximum atomic E-state index is 13.3. The fourth-order valence-electron chi connectivity index (χ4n) is 5.06. The fourth-order valence-corrected chi connectivity index (χ4v) is 5.06. The number of amides is 3. The Hall–Kier alpha value is -3.48. The summed E-state index contributed by atoms with van der Waals surface area (Å²) in [5.74, 6) is -1.88. The highest BCUT2D eigenvalue weighted by Crippen LogP contribution is 2.53. The molecule has 5 atom stereocenters. The van der Waals surface area contributed by atoms with E-state index in [9.17, 15) is 19.5 Å².